The van der Waals surface area contributed by atoms with Crippen LogP contribution in [-0.2, 0) is 4.79 Å². The first kappa shape index (κ1) is 13.4. The monoisotopic (exact) mass is 273 g/mol. The van der Waals surface area contributed by atoms with E-state index in [1.807, 2.05) is 17.2 Å². The van der Waals surface area contributed by atoms with Crippen LogP contribution in [0, 0.1) is 0 Å². The van der Waals surface area contributed by atoms with Crippen molar-refractivity contribution in [1.29, 1.82) is 0 Å². The highest BCUT2D eigenvalue weighted by molar-refractivity contribution is 5.74. The molecule has 4 heteroatoms. The first-order chi connectivity index (χ1) is 9.77. The maximum Gasteiger partial charge on any atom is 0.219 e. The van der Waals surface area contributed by atoms with Crippen LogP contribution in [0.1, 0.15) is 50.6 Å². The van der Waals surface area contributed by atoms with Gasteiger partial charge in [-0.15, -0.1) is 0 Å². The van der Waals surface area contributed by atoms with E-state index in [1.54, 1.807) is 6.92 Å². The summed E-state index contributed by atoms with van der Waals surface area (Å²) < 4.78 is 0. The molecule has 0 saturated carbocycles. The SMILES string of the molecule is CC(=O)N1CCCC[C@H]1c1cccnc1N1CCCC1. The molecule has 2 saturated heterocycles. The van der Waals surface area contributed by atoms with Crippen molar-refractivity contribution in [3.8, 4) is 0 Å². The van der Waals surface area contributed by atoms with Crippen LogP contribution in [0.4, 0.5) is 5.82 Å². The quantitative estimate of drug-likeness (QED) is 0.831. The van der Waals surface area contributed by atoms with Gasteiger partial charge in [0.15, 0.2) is 0 Å². The summed E-state index contributed by atoms with van der Waals surface area (Å²) in [5, 5.41) is 0. The normalized spacial score (nSPS) is 23.1. The van der Waals surface area contributed by atoms with Gasteiger partial charge < -0.3 is 9.80 Å². The zero-order valence-electron chi connectivity index (χ0n) is 12.2. The molecule has 0 spiro atoms. The molecule has 0 bridgehead atoms. The smallest absolute Gasteiger partial charge is 0.219 e. The van der Waals surface area contributed by atoms with E-state index in [9.17, 15) is 4.79 Å². The molecule has 3 rings (SSSR count). The standard InChI is InChI=1S/C16H23N3O/c1-13(20)19-12-3-2-8-15(19)14-7-6-9-17-16(14)18-10-4-5-11-18/h6-7,9,15H,2-5,8,10-12H2,1H3/t15-/m0/s1. The maximum absolute atomic E-state index is 11.9. The zero-order valence-corrected chi connectivity index (χ0v) is 12.2. The number of pyridine rings is 1. The Bertz CT molecular complexity index is 482. The molecule has 1 amide bonds. The number of amides is 1. The summed E-state index contributed by atoms with van der Waals surface area (Å²) >= 11 is 0. The van der Waals surface area contributed by atoms with Gasteiger partial charge in [0.1, 0.15) is 5.82 Å². The number of piperidine rings is 1. The first-order valence-corrected chi connectivity index (χ1v) is 7.74. The molecule has 108 valence electrons. The highest BCUT2D eigenvalue weighted by Crippen LogP contribution is 2.36. The molecule has 1 aromatic rings. The number of anilines is 1. The second-order valence-electron chi connectivity index (χ2n) is 5.83. The largest absolute Gasteiger partial charge is 0.356 e. The molecule has 4 nitrogen and oxygen atoms in total. The molecule has 0 unspecified atom stereocenters. The average molecular weight is 273 g/mol. The molecule has 1 aromatic heterocycles. The second-order valence-corrected chi connectivity index (χ2v) is 5.83. The Morgan fingerprint density at radius 3 is 2.70 bits per heavy atom. The summed E-state index contributed by atoms with van der Waals surface area (Å²) in [5.41, 5.74) is 1.24. The van der Waals surface area contributed by atoms with E-state index in [-0.39, 0.29) is 11.9 Å². The van der Waals surface area contributed by atoms with Gasteiger partial charge in [-0.05, 0) is 38.2 Å². The van der Waals surface area contributed by atoms with E-state index < -0.39 is 0 Å². The Labute approximate surface area is 120 Å². The minimum Gasteiger partial charge on any atom is -0.356 e. The molecule has 1 atom stereocenters. The van der Waals surface area contributed by atoms with Gasteiger partial charge in [-0.25, -0.2) is 4.98 Å². The van der Waals surface area contributed by atoms with E-state index in [4.69, 9.17) is 0 Å². The third-order valence-electron chi connectivity index (χ3n) is 4.49. The molecular formula is C16H23N3O. The summed E-state index contributed by atoms with van der Waals surface area (Å²) in [4.78, 5) is 20.9. The van der Waals surface area contributed by atoms with E-state index >= 15 is 0 Å². The first-order valence-electron chi connectivity index (χ1n) is 7.74. The van der Waals surface area contributed by atoms with Crippen LogP contribution in [0.3, 0.4) is 0 Å². The second kappa shape index (κ2) is 5.81. The Balaban J connectivity index is 1.93. The highest BCUT2D eigenvalue weighted by atomic mass is 16.2. The van der Waals surface area contributed by atoms with Gasteiger partial charge in [0.2, 0.25) is 5.91 Å². The number of likely N-dealkylation sites (tertiary alicyclic amines) is 1. The predicted octanol–water partition coefficient (Wildman–Crippen LogP) is 2.76. The molecule has 3 heterocycles. The van der Waals surface area contributed by atoms with Crippen LogP contribution in [0.5, 0.6) is 0 Å². The van der Waals surface area contributed by atoms with Crippen LogP contribution in [0.2, 0.25) is 0 Å². The molecule has 2 aliphatic heterocycles. The van der Waals surface area contributed by atoms with Gasteiger partial charge >= 0.3 is 0 Å². The van der Waals surface area contributed by atoms with Crippen LogP contribution in [0.25, 0.3) is 0 Å². The molecule has 2 fully saturated rings. The lowest BCUT2D eigenvalue weighted by Crippen LogP contribution is -2.38. The summed E-state index contributed by atoms with van der Waals surface area (Å²) in [6.07, 6.45) is 7.75. The fourth-order valence-corrected chi connectivity index (χ4v) is 3.49. The minimum atomic E-state index is 0.186. The van der Waals surface area contributed by atoms with E-state index in [1.165, 1.54) is 24.8 Å². The summed E-state index contributed by atoms with van der Waals surface area (Å²) in [6.45, 7) is 4.76. The summed E-state index contributed by atoms with van der Waals surface area (Å²) in [7, 11) is 0. The molecule has 0 aliphatic carbocycles. The zero-order chi connectivity index (χ0) is 13.9. The number of rotatable bonds is 2. The van der Waals surface area contributed by atoms with Gasteiger partial charge in [0.25, 0.3) is 0 Å². The van der Waals surface area contributed by atoms with Crippen LogP contribution in [-0.4, -0.2) is 35.4 Å². The Morgan fingerprint density at radius 1 is 1.20 bits per heavy atom. The van der Waals surface area contributed by atoms with Crippen LogP contribution < -0.4 is 4.90 Å². The van der Waals surface area contributed by atoms with Crippen LogP contribution in [0.15, 0.2) is 18.3 Å². The van der Waals surface area contributed by atoms with Gasteiger partial charge in [0.05, 0.1) is 6.04 Å². The fourth-order valence-electron chi connectivity index (χ4n) is 3.49. The maximum atomic E-state index is 11.9. The Morgan fingerprint density at radius 2 is 1.95 bits per heavy atom. The third-order valence-corrected chi connectivity index (χ3v) is 4.49. The lowest BCUT2D eigenvalue weighted by atomic mass is 9.95. The van der Waals surface area contributed by atoms with Crippen molar-refractivity contribution in [2.45, 2.75) is 45.1 Å². The highest BCUT2D eigenvalue weighted by Gasteiger charge is 2.29. The molecule has 0 N–H and O–H groups in total. The number of hydrogen-bond acceptors (Lipinski definition) is 3. The summed E-state index contributed by atoms with van der Waals surface area (Å²) in [6, 6.07) is 4.37. The number of aromatic nitrogens is 1. The molecule has 20 heavy (non-hydrogen) atoms. The summed E-state index contributed by atoms with van der Waals surface area (Å²) in [5.74, 6) is 1.29. The van der Waals surface area contributed by atoms with E-state index in [2.05, 4.69) is 16.0 Å². The fraction of sp³-hybridized carbons (Fsp3) is 0.625. The predicted molar refractivity (Wildman–Crippen MR) is 79.7 cm³/mol. The topological polar surface area (TPSA) is 36.4 Å². The Hall–Kier alpha value is -1.58. The van der Waals surface area contributed by atoms with Gasteiger partial charge in [-0.3, -0.25) is 4.79 Å². The molecule has 2 aliphatic rings. The van der Waals surface area contributed by atoms with Crippen molar-refractivity contribution >= 4 is 11.7 Å². The van der Waals surface area contributed by atoms with Gasteiger partial charge in [-0.1, -0.05) is 6.07 Å². The van der Waals surface area contributed by atoms with Crippen LogP contribution >= 0.6 is 0 Å². The van der Waals surface area contributed by atoms with Crippen molar-refractivity contribution in [1.82, 2.24) is 9.88 Å². The average Bonchev–Trinajstić information content (AvgIpc) is 3.01. The lowest BCUT2D eigenvalue weighted by Gasteiger charge is -2.37. The molecular weight excluding hydrogens is 250 g/mol. The number of carbonyl (C=O) groups excluding carboxylic acids is 1. The van der Waals surface area contributed by atoms with E-state index in [0.29, 0.717) is 0 Å². The third kappa shape index (κ3) is 2.51. The molecule has 0 aromatic carbocycles. The number of hydrogen-bond donors (Lipinski definition) is 0. The minimum absolute atomic E-state index is 0.186. The molecule has 0 radical (unpaired) electrons. The van der Waals surface area contributed by atoms with Gasteiger partial charge in [0, 0.05) is 38.3 Å². The van der Waals surface area contributed by atoms with Crippen molar-refractivity contribution in [3.05, 3.63) is 23.9 Å². The van der Waals surface area contributed by atoms with Crippen molar-refractivity contribution < 1.29 is 4.79 Å². The van der Waals surface area contributed by atoms with E-state index in [0.717, 1.165) is 38.3 Å². The lowest BCUT2D eigenvalue weighted by molar-refractivity contribution is -0.132. The number of nitrogens with zero attached hydrogens (tertiary/aromatic N) is 3. The van der Waals surface area contributed by atoms with Crippen molar-refractivity contribution in [3.63, 3.8) is 0 Å². The van der Waals surface area contributed by atoms with Gasteiger partial charge in [-0.2, -0.15) is 0 Å². The van der Waals surface area contributed by atoms with Crippen molar-refractivity contribution in [2.24, 2.45) is 0 Å². The Kier molecular flexibility index (Phi) is 3.90. The van der Waals surface area contributed by atoms with Crippen molar-refractivity contribution in [2.75, 3.05) is 24.5 Å². The number of carbonyl (C=O) groups is 1.